The lowest BCUT2D eigenvalue weighted by molar-refractivity contribution is 0.799. The predicted octanol–water partition coefficient (Wildman–Crippen LogP) is 3.75. The van der Waals surface area contributed by atoms with Crippen LogP contribution in [0.15, 0.2) is 41.4 Å². The summed E-state index contributed by atoms with van der Waals surface area (Å²) < 4.78 is 0. The summed E-state index contributed by atoms with van der Waals surface area (Å²) in [4.78, 5) is 10.4. The Hall–Kier alpha value is -2.27. The van der Waals surface area contributed by atoms with Crippen molar-refractivity contribution in [1.29, 1.82) is 0 Å². The third-order valence-electron chi connectivity index (χ3n) is 4.14. The smallest absolute Gasteiger partial charge is 0.191 e. The monoisotopic (exact) mass is 340 g/mol. The number of aromatic amines is 1. The molecule has 126 valence electrons. The molecule has 1 aromatic carbocycles. The summed E-state index contributed by atoms with van der Waals surface area (Å²) in [6.07, 6.45) is 0.967. The quantitative estimate of drug-likeness (QED) is 0.489. The fourth-order valence-electron chi connectivity index (χ4n) is 2.93. The fourth-order valence-corrected chi connectivity index (χ4v) is 3.76. The molecular formula is C19H24N4S. The van der Waals surface area contributed by atoms with Crippen LogP contribution in [-0.2, 0) is 13.0 Å². The van der Waals surface area contributed by atoms with Gasteiger partial charge in [0.05, 0.1) is 6.54 Å². The number of hydrogen-bond donors (Lipinski definition) is 3. The molecule has 0 unspecified atom stereocenters. The molecule has 0 amide bonds. The van der Waals surface area contributed by atoms with Gasteiger partial charge in [-0.05, 0) is 44.0 Å². The first kappa shape index (κ1) is 16.6. The topological polar surface area (TPSA) is 52.2 Å². The first-order valence-electron chi connectivity index (χ1n) is 8.23. The van der Waals surface area contributed by atoms with E-state index in [1.54, 1.807) is 0 Å². The zero-order valence-corrected chi connectivity index (χ0v) is 15.3. The van der Waals surface area contributed by atoms with Gasteiger partial charge in [0.1, 0.15) is 0 Å². The Morgan fingerprint density at radius 2 is 1.96 bits per heavy atom. The zero-order chi connectivity index (χ0) is 16.9. The summed E-state index contributed by atoms with van der Waals surface area (Å²) in [5.74, 6) is 0.846. The van der Waals surface area contributed by atoms with Crippen molar-refractivity contribution in [2.75, 3.05) is 13.6 Å². The van der Waals surface area contributed by atoms with Crippen LogP contribution >= 0.6 is 11.3 Å². The number of rotatable bonds is 5. The van der Waals surface area contributed by atoms with Crippen LogP contribution in [0, 0.1) is 13.8 Å². The lowest BCUT2D eigenvalue weighted by Gasteiger charge is -2.11. The van der Waals surface area contributed by atoms with Crippen LogP contribution in [0.4, 0.5) is 0 Å². The minimum atomic E-state index is 0.810. The molecule has 5 heteroatoms. The van der Waals surface area contributed by atoms with E-state index in [1.807, 2.05) is 18.4 Å². The Morgan fingerprint density at radius 3 is 2.71 bits per heavy atom. The van der Waals surface area contributed by atoms with E-state index >= 15 is 0 Å². The molecule has 3 N–H and O–H groups in total. The number of nitrogens with zero attached hydrogens (tertiary/aromatic N) is 1. The van der Waals surface area contributed by atoms with Gasteiger partial charge in [-0.2, -0.15) is 0 Å². The molecule has 0 atom stereocenters. The highest BCUT2D eigenvalue weighted by molar-refractivity contribution is 7.11. The molecule has 2 aromatic heterocycles. The van der Waals surface area contributed by atoms with Gasteiger partial charge in [0.2, 0.25) is 0 Å². The minimum Gasteiger partial charge on any atom is -0.358 e. The Kier molecular flexibility index (Phi) is 5.20. The molecule has 3 rings (SSSR count). The maximum Gasteiger partial charge on any atom is 0.191 e. The van der Waals surface area contributed by atoms with Gasteiger partial charge in [-0.3, -0.25) is 4.99 Å². The SMILES string of the molecule is CN=C(NCCc1c(C)[nH]c2ccccc12)NCc1ccc(C)s1. The Labute approximate surface area is 147 Å². The van der Waals surface area contributed by atoms with Gasteiger partial charge in [0.15, 0.2) is 5.96 Å². The molecule has 0 radical (unpaired) electrons. The third kappa shape index (κ3) is 3.79. The van der Waals surface area contributed by atoms with Crippen molar-refractivity contribution in [3.63, 3.8) is 0 Å². The van der Waals surface area contributed by atoms with Gasteiger partial charge in [0.25, 0.3) is 0 Å². The van der Waals surface area contributed by atoms with Crippen LogP contribution in [-0.4, -0.2) is 24.5 Å². The number of benzene rings is 1. The molecule has 0 aliphatic carbocycles. The number of aliphatic imine (C=N–C) groups is 1. The fraction of sp³-hybridized carbons (Fsp3) is 0.316. The number of nitrogens with one attached hydrogen (secondary N) is 3. The highest BCUT2D eigenvalue weighted by Gasteiger charge is 2.08. The van der Waals surface area contributed by atoms with Crippen LogP contribution in [0.25, 0.3) is 10.9 Å². The molecule has 0 spiro atoms. The summed E-state index contributed by atoms with van der Waals surface area (Å²) in [5, 5.41) is 8.09. The van der Waals surface area contributed by atoms with Crippen molar-refractivity contribution in [1.82, 2.24) is 15.6 Å². The maximum atomic E-state index is 4.30. The number of hydrogen-bond acceptors (Lipinski definition) is 2. The van der Waals surface area contributed by atoms with Crippen LogP contribution < -0.4 is 10.6 Å². The normalized spacial score (nSPS) is 11.9. The summed E-state index contributed by atoms with van der Waals surface area (Å²) in [7, 11) is 1.81. The van der Waals surface area contributed by atoms with Crippen LogP contribution in [0.5, 0.6) is 0 Å². The third-order valence-corrected chi connectivity index (χ3v) is 5.14. The van der Waals surface area contributed by atoms with Crippen LogP contribution in [0.1, 0.15) is 21.0 Å². The van der Waals surface area contributed by atoms with E-state index in [0.29, 0.717) is 0 Å². The number of guanidine groups is 1. The molecule has 0 saturated heterocycles. The second kappa shape index (κ2) is 7.53. The predicted molar refractivity (Wildman–Crippen MR) is 104 cm³/mol. The van der Waals surface area contributed by atoms with Crippen molar-refractivity contribution in [3.05, 3.63) is 57.4 Å². The molecule has 0 aliphatic rings. The van der Waals surface area contributed by atoms with Gasteiger partial charge in [0, 0.05) is 39.9 Å². The maximum absolute atomic E-state index is 4.30. The summed E-state index contributed by atoms with van der Waals surface area (Å²) >= 11 is 1.82. The van der Waals surface area contributed by atoms with Gasteiger partial charge >= 0.3 is 0 Å². The summed E-state index contributed by atoms with van der Waals surface area (Å²) in [6, 6.07) is 12.8. The molecule has 2 heterocycles. The Balaban J connectivity index is 1.55. The molecule has 4 nitrogen and oxygen atoms in total. The average Bonchev–Trinajstić information content (AvgIpc) is 3.14. The van der Waals surface area contributed by atoms with Crippen LogP contribution in [0.3, 0.4) is 0 Å². The van der Waals surface area contributed by atoms with E-state index in [2.05, 4.69) is 70.9 Å². The second-order valence-corrected chi connectivity index (χ2v) is 7.26. The van der Waals surface area contributed by atoms with E-state index in [1.165, 1.54) is 31.9 Å². The molecule has 0 fully saturated rings. The first-order chi connectivity index (χ1) is 11.7. The van der Waals surface area contributed by atoms with Gasteiger partial charge in [-0.1, -0.05) is 18.2 Å². The van der Waals surface area contributed by atoms with Gasteiger partial charge in [-0.25, -0.2) is 0 Å². The Bertz CT molecular complexity index is 844. The average molecular weight is 340 g/mol. The highest BCUT2D eigenvalue weighted by Crippen LogP contribution is 2.21. The standard InChI is InChI=1S/C19H24N4S/c1-13-8-9-15(24-13)12-22-19(20-3)21-11-10-16-14(2)23-18-7-5-4-6-17(16)18/h4-9,23H,10-12H2,1-3H3,(H2,20,21,22). The number of H-pyrrole nitrogens is 1. The van der Waals surface area contributed by atoms with Crippen molar-refractivity contribution in [2.24, 2.45) is 4.99 Å². The summed E-state index contributed by atoms with van der Waals surface area (Å²) in [6.45, 7) is 5.93. The highest BCUT2D eigenvalue weighted by atomic mass is 32.1. The number of aromatic nitrogens is 1. The van der Waals surface area contributed by atoms with E-state index in [-0.39, 0.29) is 0 Å². The minimum absolute atomic E-state index is 0.810. The molecular weight excluding hydrogens is 316 g/mol. The molecule has 0 bridgehead atoms. The largest absolute Gasteiger partial charge is 0.358 e. The molecule has 0 saturated carbocycles. The van der Waals surface area contributed by atoms with Gasteiger partial charge < -0.3 is 15.6 Å². The lowest BCUT2D eigenvalue weighted by Crippen LogP contribution is -2.37. The Morgan fingerprint density at radius 1 is 1.12 bits per heavy atom. The van der Waals surface area contributed by atoms with E-state index < -0.39 is 0 Å². The van der Waals surface area contributed by atoms with E-state index in [9.17, 15) is 0 Å². The van der Waals surface area contributed by atoms with Crippen molar-refractivity contribution in [2.45, 2.75) is 26.8 Å². The number of para-hydroxylation sites is 1. The number of fused-ring (bicyclic) bond motifs is 1. The molecule has 24 heavy (non-hydrogen) atoms. The van der Waals surface area contributed by atoms with Crippen LogP contribution in [0.2, 0.25) is 0 Å². The van der Waals surface area contributed by atoms with Crippen molar-refractivity contribution >= 4 is 28.2 Å². The first-order valence-corrected chi connectivity index (χ1v) is 9.05. The van der Waals surface area contributed by atoms with E-state index in [4.69, 9.17) is 0 Å². The number of thiophene rings is 1. The molecule has 0 aliphatic heterocycles. The second-order valence-electron chi connectivity index (χ2n) is 5.89. The van der Waals surface area contributed by atoms with E-state index in [0.717, 1.165) is 25.5 Å². The molecule has 3 aromatic rings. The van der Waals surface area contributed by atoms with Crippen molar-refractivity contribution < 1.29 is 0 Å². The van der Waals surface area contributed by atoms with Crippen molar-refractivity contribution in [3.8, 4) is 0 Å². The summed E-state index contributed by atoms with van der Waals surface area (Å²) in [5.41, 5.74) is 3.83. The lowest BCUT2D eigenvalue weighted by atomic mass is 10.1. The zero-order valence-electron chi connectivity index (χ0n) is 14.4. The number of aryl methyl sites for hydroxylation is 2. The van der Waals surface area contributed by atoms with Gasteiger partial charge in [-0.15, -0.1) is 11.3 Å².